The molecule has 0 saturated carbocycles. The number of nitrogens with one attached hydrogen (secondary N) is 1. The maximum Gasteiger partial charge on any atom is 0.259 e. The molecule has 19 heavy (non-hydrogen) atoms. The van der Waals surface area contributed by atoms with Crippen LogP contribution in [0.25, 0.3) is 0 Å². The molecule has 0 spiro atoms. The van der Waals surface area contributed by atoms with Crippen molar-refractivity contribution in [2.45, 2.75) is 0 Å². The van der Waals surface area contributed by atoms with Gasteiger partial charge < -0.3 is 10.4 Å². The van der Waals surface area contributed by atoms with E-state index in [1.165, 1.54) is 0 Å². The van der Waals surface area contributed by atoms with Gasteiger partial charge in [-0.2, -0.15) is 0 Å². The summed E-state index contributed by atoms with van der Waals surface area (Å²) in [6.07, 6.45) is 0. The van der Waals surface area contributed by atoms with Gasteiger partial charge in [0.15, 0.2) is 0 Å². The van der Waals surface area contributed by atoms with Crippen molar-refractivity contribution in [3.63, 3.8) is 0 Å². The first-order valence-corrected chi connectivity index (χ1v) is 7.61. The minimum absolute atomic E-state index is 0.0730. The molecule has 1 amide bonds. The number of hydrogen-bond donors (Lipinski definition) is 2. The highest BCUT2D eigenvalue weighted by atomic mass is 79.9. The van der Waals surface area contributed by atoms with E-state index in [-0.39, 0.29) is 17.2 Å². The van der Waals surface area contributed by atoms with E-state index in [1.807, 2.05) is 6.07 Å². The van der Waals surface area contributed by atoms with Gasteiger partial charge in [-0.15, -0.1) is 0 Å². The first-order chi connectivity index (χ1) is 8.99. The molecule has 0 heterocycles. The van der Waals surface area contributed by atoms with Crippen molar-refractivity contribution in [3.8, 4) is 5.75 Å². The van der Waals surface area contributed by atoms with Crippen LogP contribution in [0, 0.1) is 0 Å². The number of hydrogen-bond acceptors (Lipinski definition) is 2. The standard InChI is InChI=1S/C13H8Br3NO2/c14-9-5-4-7(6-11(9)16)17-13(19)8-2-1-3-10(15)12(8)18/h1-6,18H,(H,17,19). The Labute approximate surface area is 135 Å². The lowest BCUT2D eigenvalue weighted by molar-refractivity contribution is 0.102. The van der Waals surface area contributed by atoms with Crippen molar-refractivity contribution in [2.75, 3.05) is 5.32 Å². The predicted molar refractivity (Wildman–Crippen MR) is 85.6 cm³/mol. The molecule has 2 N–H and O–H groups in total. The summed E-state index contributed by atoms with van der Waals surface area (Å²) in [4.78, 5) is 12.1. The Morgan fingerprint density at radius 2 is 1.74 bits per heavy atom. The third kappa shape index (κ3) is 3.38. The largest absolute Gasteiger partial charge is 0.506 e. The number of phenols is 1. The minimum Gasteiger partial charge on any atom is -0.506 e. The number of carbonyl (C=O) groups excluding carboxylic acids is 1. The highest BCUT2D eigenvalue weighted by Gasteiger charge is 2.13. The fourth-order valence-corrected chi connectivity index (χ4v) is 2.46. The fraction of sp³-hybridized carbons (Fsp3) is 0. The van der Waals surface area contributed by atoms with Gasteiger partial charge in [0, 0.05) is 14.6 Å². The minimum atomic E-state index is -0.368. The summed E-state index contributed by atoms with van der Waals surface area (Å²) in [6, 6.07) is 10.3. The van der Waals surface area contributed by atoms with Crippen molar-refractivity contribution in [2.24, 2.45) is 0 Å². The molecule has 3 nitrogen and oxygen atoms in total. The maximum atomic E-state index is 12.1. The molecular weight excluding hydrogens is 442 g/mol. The summed E-state index contributed by atoms with van der Waals surface area (Å²) >= 11 is 9.90. The van der Waals surface area contributed by atoms with E-state index in [0.717, 1.165) is 8.95 Å². The van der Waals surface area contributed by atoms with E-state index in [9.17, 15) is 9.90 Å². The molecule has 6 heteroatoms. The Bertz CT molecular complexity index is 644. The smallest absolute Gasteiger partial charge is 0.259 e. The number of aromatic hydroxyl groups is 1. The zero-order chi connectivity index (χ0) is 14.0. The van der Waals surface area contributed by atoms with Gasteiger partial charge in [0.05, 0.1) is 10.0 Å². The molecule has 0 fully saturated rings. The van der Waals surface area contributed by atoms with Crippen LogP contribution in [0.1, 0.15) is 10.4 Å². The first kappa shape index (κ1) is 14.6. The number of para-hydroxylation sites is 1. The van der Waals surface area contributed by atoms with E-state index in [0.29, 0.717) is 10.2 Å². The molecule has 0 aromatic heterocycles. The van der Waals surface area contributed by atoms with Crippen LogP contribution < -0.4 is 5.32 Å². The van der Waals surface area contributed by atoms with Gasteiger partial charge in [-0.1, -0.05) is 6.07 Å². The number of amides is 1. The first-order valence-electron chi connectivity index (χ1n) is 5.23. The highest BCUT2D eigenvalue weighted by Crippen LogP contribution is 2.29. The van der Waals surface area contributed by atoms with Crippen molar-refractivity contribution in [1.29, 1.82) is 0 Å². The van der Waals surface area contributed by atoms with Crippen LogP contribution in [0.4, 0.5) is 5.69 Å². The summed E-state index contributed by atoms with van der Waals surface area (Å²) in [5.74, 6) is -0.441. The van der Waals surface area contributed by atoms with Crippen LogP contribution in [-0.4, -0.2) is 11.0 Å². The molecular formula is C13H8Br3NO2. The summed E-state index contributed by atoms with van der Waals surface area (Å²) in [6.45, 7) is 0. The lowest BCUT2D eigenvalue weighted by Gasteiger charge is -2.08. The second-order valence-corrected chi connectivity index (χ2v) is 6.28. The van der Waals surface area contributed by atoms with Gasteiger partial charge in [0.25, 0.3) is 5.91 Å². The van der Waals surface area contributed by atoms with Crippen LogP contribution in [-0.2, 0) is 0 Å². The van der Waals surface area contributed by atoms with E-state index in [1.54, 1.807) is 30.3 Å². The molecule has 0 atom stereocenters. The van der Waals surface area contributed by atoms with Crippen molar-refractivity contribution >= 4 is 59.4 Å². The molecule has 0 bridgehead atoms. The third-order valence-corrected chi connectivity index (χ3v) is 4.93. The second-order valence-electron chi connectivity index (χ2n) is 3.72. The molecule has 2 rings (SSSR count). The van der Waals surface area contributed by atoms with Gasteiger partial charge >= 0.3 is 0 Å². The van der Waals surface area contributed by atoms with E-state index >= 15 is 0 Å². The monoisotopic (exact) mass is 447 g/mol. The van der Waals surface area contributed by atoms with E-state index in [4.69, 9.17) is 0 Å². The lowest BCUT2D eigenvalue weighted by Crippen LogP contribution is -2.12. The molecule has 98 valence electrons. The molecule has 0 aliphatic carbocycles. The maximum absolute atomic E-state index is 12.1. The third-order valence-electron chi connectivity index (χ3n) is 2.41. The fourth-order valence-electron chi connectivity index (χ4n) is 1.47. The van der Waals surface area contributed by atoms with Crippen molar-refractivity contribution in [1.82, 2.24) is 0 Å². The molecule has 0 radical (unpaired) electrons. The normalized spacial score (nSPS) is 10.3. The molecule has 2 aromatic rings. The van der Waals surface area contributed by atoms with Gasteiger partial charge in [0.1, 0.15) is 5.75 Å². The lowest BCUT2D eigenvalue weighted by atomic mass is 10.2. The molecule has 0 unspecified atom stereocenters. The number of benzene rings is 2. The van der Waals surface area contributed by atoms with Crippen LogP contribution in [0.2, 0.25) is 0 Å². The van der Waals surface area contributed by atoms with Gasteiger partial charge in [-0.05, 0) is 78.1 Å². The average molecular weight is 450 g/mol. The zero-order valence-corrected chi connectivity index (χ0v) is 14.2. The van der Waals surface area contributed by atoms with Crippen LogP contribution in [0.15, 0.2) is 49.8 Å². The summed E-state index contributed by atoms with van der Waals surface area (Å²) in [5.41, 5.74) is 0.855. The van der Waals surface area contributed by atoms with E-state index in [2.05, 4.69) is 53.1 Å². The van der Waals surface area contributed by atoms with Crippen molar-refractivity contribution in [3.05, 3.63) is 55.4 Å². The second kappa shape index (κ2) is 6.07. The summed E-state index contributed by atoms with van der Waals surface area (Å²) in [7, 11) is 0. The highest BCUT2D eigenvalue weighted by molar-refractivity contribution is 9.13. The van der Waals surface area contributed by atoms with Gasteiger partial charge in [-0.3, -0.25) is 4.79 Å². The number of halogens is 3. The molecule has 0 saturated heterocycles. The molecule has 2 aromatic carbocycles. The number of anilines is 1. The van der Waals surface area contributed by atoms with Gasteiger partial charge in [-0.25, -0.2) is 0 Å². The Kier molecular flexibility index (Phi) is 4.65. The van der Waals surface area contributed by atoms with Gasteiger partial charge in [0.2, 0.25) is 0 Å². The van der Waals surface area contributed by atoms with Crippen LogP contribution >= 0.6 is 47.8 Å². The van der Waals surface area contributed by atoms with Crippen LogP contribution in [0.3, 0.4) is 0 Å². The van der Waals surface area contributed by atoms with Crippen LogP contribution in [0.5, 0.6) is 5.75 Å². The zero-order valence-electron chi connectivity index (χ0n) is 9.45. The Morgan fingerprint density at radius 3 is 2.42 bits per heavy atom. The number of rotatable bonds is 2. The van der Waals surface area contributed by atoms with Crippen molar-refractivity contribution < 1.29 is 9.90 Å². The average Bonchev–Trinajstić information content (AvgIpc) is 2.37. The number of phenolic OH excluding ortho intramolecular Hbond substituents is 1. The Hall–Kier alpha value is -0.850. The molecule has 0 aliphatic heterocycles. The topological polar surface area (TPSA) is 49.3 Å². The Balaban J connectivity index is 2.26. The predicted octanol–water partition coefficient (Wildman–Crippen LogP) is 4.93. The Morgan fingerprint density at radius 1 is 1.00 bits per heavy atom. The summed E-state index contributed by atoms with van der Waals surface area (Å²) < 4.78 is 2.22. The molecule has 0 aliphatic rings. The quantitative estimate of drug-likeness (QED) is 0.682. The number of carbonyl (C=O) groups is 1. The SMILES string of the molecule is O=C(Nc1ccc(Br)c(Br)c1)c1cccc(Br)c1O. The van der Waals surface area contributed by atoms with E-state index < -0.39 is 0 Å². The summed E-state index contributed by atoms with van der Waals surface area (Å²) in [5, 5.41) is 12.5.